The van der Waals surface area contributed by atoms with Gasteiger partial charge >= 0.3 is 0 Å². The molecular formula is C16H32N2OS. The Morgan fingerprint density at radius 2 is 1.75 bits per heavy atom. The molecule has 1 aliphatic rings. The minimum Gasteiger partial charge on any atom is -0.352 e. The first-order chi connectivity index (χ1) is 9.83. The molecule has 20 heavy (non-hydrogen) atoms. The van der Waals surface area contributed by atoms with Gasteiger partial charge in [0.05, 0.1) is 6.54 Å². The van der Waals surface area contributed by atoms with Crippen LogP contribution in [0.4, 0.5) is 0 Å². The van der Waals surface area contributed by atoms with E-state index in [9.17, 15) is 4.79 Å². The van der Waals surface area contributed by atoms with Gasteiger partial charge in [-0.15, -0.1) is 0 Å². The van der Waals surface area contributed by atoms with Crippen molar-refractivity contribution in [1.82, 2.24) is 10.6 Å². The van der Waals surface area contributed by atoms with Crippen molar-refractivity contribution >= 4 is 17.7 Å². The molecule has 1 fully saturated rings. The summed E-state index contributed by atoms with van der Waals surface area (Å²) in [5, 5.41) is 6.44. The topological polar surface area (TPSA) is 41.1 Å². The molecular weight excluding hydrogens is 268 g/mol. The van der Waals surface area contributed by atoms with Crippen molar-refractivity contribution in [3.05, 3.63) is 0 Å². The monoisotopic (exact) mass is 300 g/mol. The van der Waals surface area contributed by atoms with E-state index in [2.05, 4.69) is 16.9 Å². The second-order valence-electron chi connectivity index (χ2n) is 5.84. The van der Waals surface area contributed by atoms with Crippen LogP contribution >= 0.6 is 11.8 Å². The van der Waals surface area contributed by atoms with Gasteiger partial charge in [0.2, 0.25) is 5.91 Å². The average molecular weight is 301 g/mol. The zero-order chi connectivity index (χ0) is 14.5. The van der Waals surface area contributed by atoms with E-state index in [1.54, 1.807) is 0 Å². The van der Waals surface area contributed by atoms with Gasteiger partial charge in [-0.25, -0.2) is 0 Å². The summed E-state index contributed by atoms with van der Waals surface area (Å²) in [5.74, 6) is 1.45. The molecule has 0 radical (unpaired) electrons. The molecule has 1 amide bonds. The fourth-order valence-corrected chi connectivity index (χ4v) is 3.25. The fourth-order valence-electron chi connectivity index (χ4n) is 2.75. The van der Waals surface area contributed by atoms with Crippen LogP contribution in [0.5, 0.6) is 0 Å². The predicted molar refractivity (Wildman–Crippen MR) is 89.4 cm³/mol. The van der Waals surface area contributed by atoms with Gasteiger partial charge in [0, 0.05) is 6.04 Å². The Morgan fingerprint density at radius 3 is 2.45 bits per heavy atom. The molecule has 0 bridgehead atoms. The highest BCUT2D eigenvalue weighted by molar-refractivity contribution is 7.98. The quantitative estimate of drug-likeness (QED) is 0.480. The molecule has 0 saturated heterocycles. The summed E-state index contributed by atoms with van der Waals surface area (Å²) in [6, 6.07) is 0.429. The molecule has 0 aromatic rings. The van der Waals surface area contributed by atoms with Crippen LogP contribution in [0, 0.1) is 0 Å². The molecule has 1 aliphatic carbocycles. The normalized spacial score (nSPS) is 16.9. The van der Waals surface area contributed by atoms with E-state index < -0.39 is 0 Å². The summed E-state index contributed by atoms with van der Waals surface area (Å²) in [4.78, 5) is 11.8. The third kappa shape index (κ3) is 9.65. The smallest absolute Gasteiger partial charge is 0.234 e. The maximum atomic E-state index is 11.8. The average Bonchev–Trinajstić information content (AvgIpc) is 2.70. The number of rotatable bonds is 10. The molecule has 3 nitrogen and oxygen atoms in total. The third-order valence-corrected chi connectivity index (χ3v) is 4.65. The van der Waals surface area contributed by atoms with E-state index in [0.717, 1.165) is 6.54 Å². The Bertz CT molecular complexity index is 241. The van der Waals surface area contributed by atoms with Crippen LogP contribution in [0.1, 0.15) is 64.2 Å². The maximum Gasteiger partial charge on any atom is 0.234 e. The van der Waals surface area contributed by atoms with Crippen molar-refractivity contribution in [2.24, 2.45) is 0 Å². The van der Waals surface area contributed by atoms with Crippen molar-refractivity contribution < 1.29 is 4.79 Å². The molecule has 0 aliphatic heterocycles. The highest BCUT2D eigenvalue weighted by Crippen LogP contribution is 2.16. The first kappa shape index (κ1) is 17.8. The molecule has 0 heterocycles. The Labute approximate surface area is 129 Å². The van der Waals surface area contributed by atoms with Crippen LogP contribution in [0.15, 0.2) is 0 Å². The second-order valence-corrected chi connectivity index (χ2v) is 6.83. The lowest BCUT2D eigenvalue weighted by Crippen LogP contribution is -2.40. The van der Waals surface area contributed by atoms with Crippen LogP contribution in [0.2, 0.25) is 0 Å². The lowest BCUT2D eigenvalue weighted by Gasteiger charge is -2.16. The van der Waals surface area contributed by atoms with Crippen LogP contribution < -0.4 is 10.6 Å². The summed E-state index contributed by atoms with van der Waals surface area (Å²) in [6.45, 7) is 1.46. The van der Waals surface area contributed by atoms with E-state index in [1.165, 1.54) is 70.0 Å². The minimum absolute atomic E-state index is 0.180. The van der Waals surface area contributed by atoms with E-state index >= 15 is 0 Å². The van der Waals surface area contributed by atoms with Crippen molar-refractivity contribution in [3.63, 3.8) is 0 Å². The lowest BCUT2D eigenvalue weighted by atomic mass is 10.1. The Kier molecular flexibility index (Phi) is 11.2. The van der Waals surface area contributed by atoms with E-state index in [4.69, 9.17) is 0 Å². The standard InChI is InChI=1S/C16H32N2OS/c1-20-13-9-5-4-8-12-17-14-16(19)18-15-10-6-2-3-7-11-15/h15,17H,2-14H2,1H3,(H,18,19). The number of nitrogens with one attached hydrogen (secondary N) is 2. The summed E-state index contributed by atoms with van der Waals surface area (Å²) < 4.78 is 0. The number of thioether (sulfide) groups is 1. The first-order valence-corrected chi connectivity index (χ1v) is 9.71. The molecule has 1 saturated carbocycles. The van der Waals surface area contributed by atoms with Gasteiger partial charge in [-0.2, -0.15) is 11.8 Å². The van der Waals surface area contributed by atoms with E-state index in [0.29, 0.717) is 12.6 Å². The zero-order valence-electron chi connectivity index (χ0n) is 13.1. The molecule has 4 heteroatoms. The molecule has 0 unspecified atom stereocenters. The molecule has 118 valence electrons. The van der Waals surface area contributed by atoms with Crippen molar-refractivity contribution in [3.8, 4) is 0 Å². The molecule has 2 N–H and O–H groups in total. The van der Waals surface area contributed by atoms with Crippen LogP contribution in [-0.4, -0.2) is 37.0 Å². The van der Waals surface area contributed by atoms with Gasteiger partial charge in [0.25, 0.3) is 0 Å². The minimum atomic E-state index is 0.180. The van der Waals surface area contributed by atoms with Gasteiger partial charge in [-0.3, -0.25) is 4.79 Å². The number of amides is 1. The Morgan fingerprint density at radius 1 is 1.05 bits per heavy atom. The van der Waals surface area contributed by atoms with Crippen molar-refractivity contribution in [1.29, 1.82) is 0 Å². The number of carbonyl (C=O) groups is 1. The van der Waals surface area contributed by atoms with E-state index in [1.807, 2.05) is 11.8 Å². The number of hydrogen-bond acceptors (Lipinski definition) is 3. The third-order valence-electron chi connectivity index (χ3n) is 3.96. The largest absolute Gasteiger partial charge is 0.352 e. The number of carbonyl (C=O) groups excluding carboxylic acids is 1. The van der Waals surface area contributed by atoms with Crippen molar-refractivity contribution in [2.45, 2.75) is 70.3 Å². The highest BCUT2D eigenvalue weighted by Gasteiger charge is 2.13. The maximum absolute atomic E-state index is 11.8. The van der Waals surface area contributed by atoms with Gasteiger partial charge < -0.3 is 10.6 Å². The number of unbranched alkanes of at least 4 members (excludes halogenated alkanes) is 3. The molecule has 0 aromatic carbocycles. The van der Waals surface area contributed by atoms with Crippen LogP contribution in [0.25, 0.3) is 0 Å². The SMILES string of the molecule is CSCCCCCCNCC(=O)NC1CCCCCC1. The first-order valence-electron chi connectivity index (χ1n) is 8.32. The highest BCUT2D eigenvalue weighted by atomic mass is 32.2. The number of hydrogen-bond donors (Lipinski definition) is 2. The molecule has 1 rings (SSSR count). The Balaban J connectivity index is 1.91. The summed E-state index contributed by atoms with van der Waals surface area (Å²) in [5.41, 5.74) is 0. The van der Waals surface area contributed by atoms with Crippen molar-refractivity contribution in [2.75, 3.05) is 25.1 Å². The van der Waals surface area contributed by atoms with Gasteiger partial charge in [-0.05, 0) is 44.2 Å². The fraction of sp³-hybridized carbons (Fsp3) is 0.938. The van der Waals surface area contributed by atoms with Gasteiger partial charge in [-0.1, -0.05) is 38.5 Å². The Hall–Kier alpha value is -0.220. The molecule has 0 atom stereocenters. The van der Waals surface area contributed by atoms with Gasteiger partial charge in [0.1, 0.15) is 0 Å². The lowest BCUT2D eigenvalue weighted by molar-refractivity contribution is -0.121. The summed E-state index contributed by atoms with van der Waals surface area (Å²) in [7, 11) is 0. The second kappa shape index (κ2) is 12.5. The molecule has 0 aromatic heterocycles. The molecule has 0 spiro atoms. The van der Waals surface area contributed by atoms with E-state index in [-0.39, 0.29) is 5.91 Å². The summed E-state index contributed by atoms with van der Waals surface area (Å²) >= 11 is 1.92. The van der Waals surface area contributed by atoms with Crippen LogP contribution in [-0.2, 0) is 4.79 Å². The van der Waals surface area contributed by atoms with Gasteiger partial charge in [0.15, 0.2) is 0 Å². The summed E-state index contributed by atoms with van der Waals surface area (Å²) in [6.07, 6.45) is 14.8. The van der Waals surface area contributed by atoms with Crippen LogP contribution in [0.3, 0.4) is 0 Å². The predicted octanol–water partition coefficient (Wildman–Crippen LogP) is 3.34. The zero-order valence-corrected chi connectivity index (χ0v) is 13.9.